The van der Waals surface area contributed by atoms with E-state index >= 15 is 0 Å². The van der Waals surface area contributed by atoms with Crippen LogP contribution in [0.5, 0.6) is 5.75 Å². The first-order valence-corrected chi connectivity index (χ1v) is 6.68. The molecule has 17 heavy (non-hydrogen) atoms. The maximum atomic E-state index is 5.81. The summed E-state index contributed by atoms with van der Waals surface area (Å²) in [7, 11) is 0. The first-order chi connectivity index (χ1) is 8.20. The van der Waals surface area contributed by atoms with E-state index < -0.39 is 0 Å². The van der Waals surface area contributed by atoms with Gasteiger partial charge in [-0.25, -0.2) is 0 Å². The minimum absolute atomic E-state index is 0.237. The average Bonchev–Trinajstić information content (AvgIpc) is 3.06. The zero-order chi connectivity index (χ0) is 12.3. The summed E-state index contributed by atoms with van der Waals surface area (Å²) < 4.78 is 5.81. The summed E-state index contributed by atoms with van der Waals surface area (Å²) in [6.07, 6.45) is 2.87. The number of rotatable bonds is 6. The van der Waals surface area contributed by atoms with Gasteiger partial charge in [-0.15, -0.1) is 0 Å². The molecular formula is C15H23NO. The lowest BCUT2D eigenvalue weighted by Gasteiger charge is -2.14. The zero-order valence-corrected chi connectivity index (χ0v) is 11.1. The highest BCUT2D eigenvalue weighted by atomic mass is 16.5. The molecule has 0 aromatic heterocycles. The summed E-state index contributed by atoms with van der Waals surface area (Å²) in [5, 5.41) is 3.61. The van der Waals surface area contributed by atoms with E-state index in [1.54, 1.807) is 0 Å². The SMILES string of the molecule is CCC1CC1NCc1ccccc1OC(C)C. The van der Waals surface area contributed by atoms with E-state index in [9.17, 15) is 0 Å². The average molecular weight is 233 g/mol. The lowest BCUT2D eigenvalue weighted by atomic mass is 10.2. The minimum Gasteiger partial charge on any atom is -0.491 e. The summed E-state index contributed by atoms with van der Waals surface area (Å²) in [6, 6.07) is 9.05. The van der Waals surface area contributed by atoms with Crippen molar-refractivity contribution in [3.63, 3.8) is 0 Å². The van der Waals surface area contributed by atoms with Crippen LogP contribution in [0.3, 0.4) is 0 Å². The topological polar surface area (TPSA) is 21.3 Å². The van der Waals surface area contributed by atoms with Crippen LogP contribution in [0.25, 0.3) is 0 Å². The molecule has 0 bridgehead atoms. The van der Waals surface area contributed by atoms with Gasteiger partial charge in [0.25, 0.3) is 0 Å². The van der Waals surface area contributed by atoms with Crippen LogP contribution in [0.4, 0.5) is 0 Å². The molecule has 1 saturated carbocycles. The number of nitrogens with one attached hydrogen (secondary N) is 1. The Bertz CT molecular complexity index is 362. The Morgan fingerprint density at radius 1 is 1.35 bits per heavy atom. The van der Waals surface area contributed by atoms with Crippen LogP contribution in [-0.4, -0.2) is 12.1 Å². The number of hydrogen-bond acceptors (Lipinski definition) is 2. The van der Waals surface area contributed by atoms with Crippen LogP contribution < -0.4 is 10.1 Å². The summed E-state index contributed by atoms with van der Waals surface area (Å²) in [6.45, 7) is 7.32. The van der Waals surface area contributed by atoms with Gasteiger partial charge in [0.2, 0.25) is 0 Å². The third-order valence-electron chi connectivity index (χ3n) is 3.34. The Morgan fingerprint density at radius 2 is 2.12 bits per heavy atom. The van der Waals surface area contributed by atoms with Crippen LogP contribution >= 0.6 is 0 Å². The van der Waals surface area contributed by atoms with Gasteiger partial charge in [-0.2, -0.15) is 0 Å². The molecule has 2 rings (SSSR count). The van der Waals surface area contributed by atoms with E-state index in [4.69, 9.17) is 4.74 Å². The Morgan fingerprint density at radius 3 is 2.76 bits per heavy atom. The van der Waals surface area contributed by atoms with Crippen LogP contribution in [0, 0.1) is 5.92 Å². The standard InChI is InChI=1S/C15H23NO/c1-4-12-9-14(12)16-10-13-7-5-6-8-15(13)17-11(2)3/h5-8,11-12,14,16H,4,9-10H2,1-3H3. The molecule has 0 heterocycles. The molecule has 1 N–H and O–H groups in total. The number of ether oxygens (including phenoxy) is 1. The van der Waals surface area contributed by atoms with Crippen molar-refractivity contribution >= 4 is 0 Å². The van der Waals surface area contributed by atoms with Gasteiger partial charge in [0, 0.05) is 18.2 Å². The fourth-order valence-corrected chi connectivity index (χ4v) is 2.21. The van der Waals surface area contributed by atoms with Crippen molar-refractivity contribution in [2.75, 3.05) is 0 Å². The smallest absolute Gasteiger partial charge is 0.124 e. The van der Waals surface area contributed by atoms with Gasteiger partial charge in [-0.3, -0.25) is 0 Å². The molecule has 0 spiro atoms. The van der Waals surface area contributed by atoms with Crippen LogP contribution in [-0.2, 0) is 6.54 Å². The van der Waals surface area contributed by atoms with Crippen molar-refractivity contribution in [2.45, 2.75) is 52.3 Å². The molecule has 1 aliphatic carbocycles. The van der Waals surface area contributed by atoms with Crippen molar-refractivity contribution < 1.29 is 4.74 Å². The predicted octanol–water partition coefficient (Wildman–Crippen LogP) is 3.36. The van der Waals surface area contributed by atoms with Crippen molar-refractivity contribution in [2.24, 2.45) is 5.92 Å². The lowest BCUT2D eigenvalue weighted by molar-refractivity contribution is 0.239. The summed E-state index contributed by atoms with van der Waals surface area (Å²) >= 11 is 0. The van der Waals surface area contributed by atoms with Gasteiger partial charge in [-0.1, -0.05) is 31.5 Å². The first-order valence-electron chi connectivity index (χ1n) is 6.68. The van der Waals surface area contributed by atoms with Gasteiger partial charge in [-0.05, 0) is 32.3 Å². The predicted molar refractivity (Wildman–Crippen MR) is 71.2 cm³/mol. The fraction of sp³-hybridized carbons (Fsp3) is 0.600. The van der Waals surface area contributed by atoms with Crippen molar-refractivity contribution in [1.82, 2.24) is 5.32 Å². The Labute approximate surface area is 104 Å². The summed E-state index contributed by atoms with van der Waals surface area (Å²) in [5.74, 6) is 1.91. The van der Waals surface area contributed by atoms with E-state index in [0.717, 1.165) is 24.3 Å². The molecule has 94 valence electrons. The Hall–Kier alpha value is -1.02. The molecule has 1 fully saturated rings. The normalized spacial score (nSPS) is 22.8. The van der Waals surface area contributed by atoms with Crippen molar-refractivity contribution in [3.05, 3.63) is 29.8 Å². The number of para-hydroxylation sites is 1. The molecule has 0 saturated heterocycles. The van der Waals surface area contributed by atoms with Crippen LogP contribution in [0.1, 0.15) is 39.2 Å². The first kappa shape index (κ1) is 12.4. The van der Waals surface area contributed by atoms with E-state index in [2.05, 4.69) is 44.3 Å². The van der Waals surface area contributed by atoms with E-state index in [1.165, 1.54) is 18.4 Å². The molecule has 2 atom stereocenters. The van der Waals surface area contributed by atoms with Gasteiger partial charge < -0.3 is 10.1 Å². The molecular weight excluding hydrogens is 210 g/mol. The molecule has 0 aliphatic heterocycles. The summed E-state index contributed by atoms with van der Waals surface area (Å²) in [4.78, 5) is 0. The molecule has 2 unspecified atom stereocenters. The second kappa shape index (κ2) is 5.54. The number of hydrogen-bond donors (Lipinski definition) is 1. The highest BCUT2D eigenvalue weighted by Gasteiger charge is 2.34. The fourth-order valence-electron chi connectivity index (χ4n) is 2.21. The molecule has 2 nitrogen and oxygen atoms in total. The molecule has 1 aromatic carbocycles. The van der Waals surface area contributed by atoms with E-state index in [-0.39, 0.29) is 6.10 Å². The van der Waals surface area contributed by atoms with Gasteiger partial charge in [0.15, 0.2) is 0 Å². The quantitative estimate of drug-likeness (QED) is 0.813. The monoisotopic (exact) mass is 233 g/mol. The second-order valence-electron chi connectivity index (χ2n) is 5.17. The maximum Gasteiger partial charge on any atom is 0.124 e. The highest BCUT2D eigenvalue weighted by molar-refractivity contribution is 5.33. The Balaban J connectivity index is 1.91. The molecule has 1 aliphatic rings. The second-order valence-corrected chi connectivity index (χ2v) is 5.17. The van der Waals surface area contributed by atoms with Crippen LogP contribution in [0.15, 0.2) is 24.3 Å². The Kier molecular flexibility index (Phi) is 4.06. The van der Waals surface area contributed by atoms with Gasteiger partial charge in [0.1, 0.15) is 5.75 Å². The molecule has 0 radical (unpaired) electrons. The van der Waals surface area contributed by atoms with E-state index in [1.807, 2.05) is 6.07 Å². The lowest BCUT2D eigenvalue weighted by Crippen LogP contribution is -2.18. The number of benzene rings is 1. The molecule has 0 amide bonds. The molecule has 2 heteroatoms. The van der Waals surface area contributed by atoms with E-state index in [0.29, 0.717) is 0 Å². The maximum absolute atomic E-state index is 5.81. The van der Waals surface area contributed by atoms with Crippen molar-refractivity contribution in [3.8, 4) is 5.75 Å². The highest BCUT2D eigenvalue weighted by Crippen LogP contribution is 2.33. The summed E-state index contributed by atoms with van der Waals surface area (Å²) in [5.41, 5.74) is 1.27. The third kappa shape index (κ3) is 3.47. The van der Waals surface area contributed by atoms with Crippen LogP contribution in [0.2, 0.25) is 0 Å². The third-order valence-corrected chi connectivity index (χ3v) is 3.34. The van der Waals surface area contributed by atoms with Crippen molar-refractivity contribution in [1.29, 1.82) is 0 Å². The molecule has 1 aromatic rings. The zero-order valence-electron chi connectivity index (χ0n) is 11.1. The van der Waals surface area contributed by atoms with Gasteiger partial charge in [0.05, 0.1) is 6.10 Å². The largest absolute Gasteiger partial charge is 0.491 e. The van der Waals surface area contributed by atoms with Gasteiger partial charge >= 0.3 is 0 Å². The minimum atomic E-state index is 0.237.